The van der Waals surface area contributed by atoms with Crippen LogP contribution in [-0.4, -0.2) is 11.0 Å². The fourth-order valence-corrected chi connectivity index (χ4v) is 1.91. The minimum absolute atomic E-state index is 0.683. The summed E-state index contributed by atoms with van der Waals surface area (Å²) >= 11 is 0. The van der Waals surface area contributed by atoms with Crippen LogP contribution in [0, 0.1) is 6.92 Å². The van der Waals surface area contributed by atoms with Crippen molar-refractivity contribution in [3.8, 4) is 0 Å². The van der Waals surface area contributed by atoms with Gasteiger partial charge in [0.05, 0.1) is 11.9 Å². The predicted molar refractivity (Wildman–Crippen MR) is 54.9 cm³/mol. The summed E-state index contributed by atoms with van der Waals surface area (Å²) in [6, 6.07) is 2.74. The molecular weight excluding hydrogens is 160 g/mol. The molecule has 2 heteroatoms. The third kappa shape index (κ3) is 2.00. The normalized spacial score (nSPS) is 17.6. The largest absolute Gasteiger partial charge is 0.381 e. The van der Waals surface area contributed by atoms with E-state index in [1.54, 1.807) is 0 Å². The van der Waals surface area contributed by atoms with Gasteiger partial charge in [0.1, 0.15) is 0 Å². The van der Waals surface area contributed by atoms with Crippen molar-refractivity contribution in [2.75, 3.05) is 5.32 Å². The Balaban J connectivity index is 2.04. The van der Waals surface area contributed by atoms with Crippen LogP contribution in [0.15, 0.2) is 18.5 Å². The second-order valence-electron chi connectivity index (χ2n) is 3.82. The smallest absolute Gasteiger partial charge is 0.0558 e. The van der Waals surface area contributed by atoms with Gasteiger partial charge in [-0.3, -0.25) is 4.98 Å². The molecule has 0 atom stereocenters. The Hall–Kier alpha value is -1.05. The number of rotatable bonds is 2. The molecule has 0 spiro atoms. The SMILES string of the molecule is Cc1ccncc1NC1CCCC1. The van der Waals surface area contributed by atoms with Gasteiger partial charge in [-0.2, -0.15) is 0 Å². The third-order valence-corrected chi connectivity index (χ3v) is 2.75. The summed E-state index contributed by atoms with van der Waals surface area (Å²) in [5.41, 5.74) is 2.50. The van der Waals surface area contributed by atoms with Crippen LogP contribution in [0.4, 0.5) is 5.69 Å². The maximum atomic E-state index is 4.13. The summed E-state index contributed by atoms with van der Waals surface area (Å²) in [6.07, 6.45) is 9.14. The molecule has 1 N–H and O–H groups in total. The Kier molecular flexibility index (Phi) is 2.48. The number of hydrogen-bond acceptors (Lipinski definition) is 2. The van der Waals surface area contributed by atoms with Crippen LogP contribution >= 0.6 is 0 Å². The van der Waals surface area contributed by atoms with Crippen molar-refractivity contribution in [2.45, 2.75) is 38.6 Å². The molecule has 1 aliphatic rings. The molecule has 0 amide bonds. The van der Waals surface area contributed by atoms with E-state index in [1.165, 1.54) is 36.9 Å². The van der Waals surface area contributed by atoms with Gasteiger partial charge < -0.3 is 5.32 Å². The van der Waals surface area contributed by atoms with Crippen molar-refractivity contribution >= 4 is 5.69 Å². The van der Waals surface area contributed by atoms with Crippen LogP contribution in [0.1, 0.15) is 31.2 Å². The van der Waals surface area contributed by atoms with Crippen LogP contribution in [0.2, 0.25) is 0 Å². The van der Waals surface area contributed by atoms with Gasteiger partial charge in [-0.25, -0.2) is 0 Å². The van der Waals surface area contributed by atoms with Crippen molar-refractivity contribution in [3.05, 3.63) is 24.0 Å². The maximum Gasteiger partial charge on any atom is 0.0558 e. The molecule has 1 fully saturated rings. The first-order valence-corrected chi connectivity index (χ1v) is 5.03. The monoisotopic (exact) mass is 176 g/mol. The summed E-state index contributed by atoms with van der Waals surface area (Å²) in [5.74, 6) is 0. The fourth-order valence-electron chi connectivity index (χ4n) is 1.91. The number of nitrogens with one attached hydrogen (secondary N) is 1. The van der Waals surface area contributed by atoms with Crippen LogP contribution in [0.3, 0.4) is 0 Å². The van der Waals surface area contributed by atoms with E-state index in [-0.39, 0.29) is 0 Å². The van der Waals surface area contributed by atoms with Crippen molar-refractivity contribution in [3.63, 3.8) is 0 Å². The molecule has 1 saturated carbocycles. The van der Waals surface area contributed by atoms with Gasteiger partial charge in [-0.1, -0.05) is 12.8 Å². The molecule has 0 radical (unpaired) electrons. The molecule has 0 bridgehead atoms. The molecular formula is C11H16N2. The molecule has 1 aromatic rings. The quantitative estimate of drug-likeness (QED) is 0.749. The number of pyridine rings is 1. The average molecular weight is 176 g/mol. The highest BCUT2D eigenvalue weighted by Gasteiger charge is 2.14. The standard InChI is InChI=1S/C11H16N2/c1-9-6-7-12-8-11(9)13-10-4-2-3-5-10/h6-8,10,13H,2-5H2,1H3. The van der Waals surface area contributed by atoms with Crippen LogP contribution in [0.5, 0.6) is 0 Å². The number of hydrogen-bond donors (Lipinski definition) is 1. The molecule has 1 aliphatic carbocycles. The molecule has 0 aromatic carbocycles. The molecule has 2 rings (SSSR count). The second-order valence-corrected chi connectivity index (χ2v) is 3.82. The van der Waals surface area contributed by atoms with E-state index in [4.69, 9.17) is 0 Å². The van der Waals surface area contributed by atoms with E-state index in [0.717, 1.165) is 0 Å². The molecule has 1 heterocycles. The minimum Gasteiger partial charge on any atom is -0.381 e. The molecule has 13 heavy (non-hydrogen) atoms. The van der Waals surface area contributed by atoms with E-state index in [1.807, 2.05) is 12.4 Å². The maximum absolute atomic E-state index is 4.13. The van der Waals surface area contributed by atoms with E-state index in [0.29, 0.717) is 6.04 Å². The van der Waals surface area contributed by atoms with Gasteiger partial charge in [-0.15, -0.1) is 0 Å². The Morgan fingerprint density at radius 3 is 2.85 bits per heavy atom. The van der Waals surface area contributed by atoms with E-state index in [9.17, 15) is 0 Å². The number of aromatic nitrogens is 1. The van der Waals surface area contributed by atoms with Crippen LogP contribution < -0.4 is 5.32 Å². The highest BCUT2D eigenvalue weighted by Crippen LogP contribution is 2.23. The second kappa shape index (κ2) is 3.77. The van der Waals surface area contributed by atoms with Gasteiger partial charge >= 0.3 is 0 Å². The first-order chi connectivity index (χ1) is 6.36. The lowest BCUT2D eigenvalue weighted by molar-refractivity contribution is 0.753. The zero-order chi connectivity index (χ0) is 9.10. The summed E-state index contributed by atoms with van der Waals surface area (Å²) in [5, 5.41) is 3.55. The van der Waals surface area contributed by atoms with E-state index >= 15 is 0 Å². The number of anilines is 1. The lowest BCUT2D eigenvalue weighted by atomic mass is 10.2. The molecule has 2 nitrogen and oxygen atoms in total. The topological polar surface area (TPSA) is 24.9 Å². The highest BCUT2D eigenvalue weighted by molar-refractivity contribution is 5.48. The molecule has 70 valence electrons. The molecule has 0 saturated heterocycles. The first-order valence-electron chi connectivity index (χ1n) is 5.03. The molecule has 1 aromatic heterocycles. The van der Waals surface area contributed by atoms with Crippen molar-refractivity contribution < 1.29 is 0 Å². The summed E-state index contributed by atoms with van der Waals surface area (Å²) < 4.78 is 0. The van der Waals surface area contributed by atoms with Crippen LogP contribution in [-0.2, 0) is 0 Å². The van der Waals surface area contributed by atoms with Gasteiger partial charge in [0, 0.05) is 12.2 Å². The van der Waals surface area contributed by atoms with E-state index < -0.39 is 0 Å². The number of aryl methyl sites for hydroxylation is 1. The van der Waals surface area contributed by atoms with Crippen LogP contribution in [0.25, 0.3) is 0 Å². The molecule has 0 unspecified atom stereocenters. The lowest BCUT2D eigenvalue weighted by Crippen LogP contribution is -2.15. The van der Waals surface area contributed by atoms with E-state index in [2.05, 4.69) is 23.3 Å². The van der Waals surface area contributed by atoms with Gasteiger partial charge in [-0.05, 0) is 31.4 Å². The Labute approximate surface area is 79.4 Å². The highest BCUT2D eigenvalue weighted by atomic mass is 14.9. The Morgan fingerprint density at radius 2 is 2.15 bits per heavy atom. The average Bonchev–Trinajstić information content (AvgIpc) is 2.61. The zero-order valence-electron chi connectivity index (χ0n) is 8.09. The summed E-state index contributed by atoms with van der Waals surface area (Å²) in [4.78, 5) is 4.13. The van der Waals surface area contributed by atoms with Gasteiger partial charge in [0.2, 0.25) is 0 Å². The minimum atomic E-state index is 0.683. The Morgan fingerprint density at radius 1 is 1.38 bits per heavy atom. The van der Waals surface area contributed by atoms with Gasteiger partial charge in [0.25, 0.3) is 0 Å². The fraction of sp³-hybridized carbons (Fsp3) is 0.545. The van der Waals surface area contributed by atoms with Crippen molar-refractivity contribution in [1.82, 2.24) is 4.98 Å². The Bertz CT molecular complexity index is 277. The summed E-state index contributed by atoms with van der Waals surface area (Å²) in [7, 11) is 0. The van der Waals surface area contributed by atoms with Crippen molar-refractivity contribution in [2.24, 2.45) is 0 Å². The van der Waals surface area contributed by atoms with Crippen molar-refractivity contribution in [1.29, 1.82) is 0 Å². The number of nitrogens with zero attached hydrogens (tertiary/aromatic N) is 1. The first kappa shape index (κ1) is 8.54. The predicted octanol–water partition coefficient (Wildman–Crippen LogP) is 2.74. The zero-order valence-corrected chi connectivity index (χ0v) is 8.09. The van der Waals surface area contributed by atoms with Gasteiger partial charge in [0.15, 0.2) is 0 Å². The summed E-state index contributed by atoms with van der Waals surface area (Å²) in [6.45, 7) is 2.12. The third-order valence-electron chi connectivity index (χ3n) is 2.75. The molecule has 0 aliphatic heterocycles. The lowest BCUT2D eigenvalue weighted by Gasteiger charge is -2.14.